The molecule has 0 atom stereocenters. The average Bonchev–Trinajstić information content (AvgIpc) is 2.41. The molecule has 0 radical (unpaired) electrons. The fourth-order valence-electron chi connectivity index (χ4n) is 1.48. The van der Waals surface area contributed by atoms with Crippen LogP contribution in [0.25, 0.3) is 0 Å². The smallest absolute Gasteiger partial charge is 0.142 e. The van der Waals surface area contributed by atoms with Crippen molar-refractivity contribution >= 4 is 46.2 Å². The highest BCUT2D eigenvalue weighted by atomic mass is 35.5. The van der Waals surface area contributed by atoms with E-state index in [4.69, 9.17) is 51.0 Å². The van der Waals surface area contributed by atoms with Crippen LogP contribution in [0.3, 0.4) is 0 Å². The van der Waals surface area contributed by atoms with E-state index in [1.165, 1.54) is 0 Å². The Morgan fingerprint density at radius 2 is 1.58 bits per heavy atom. The molecular formula is C13H11Cl3N2O. The molecule has 0 saturated carbocycles. The maximum absolute atomic E-state index is 6.05. The summed E-state index contributed by atoms with van der Waals surface area (Å²) < 4.78 is 5.58. The minimum atomic E-state index is 0.202. The summed E-state index contributed by atoms with van der Waals surface area (Å²) in [6.07, 6.45) is 0. The second kappa shape index (κ2) is 5.78. The first kappa shape index (κ1) is 14.1. The first-order valence-corrected chi connectivity index (χ1v) is 6.52. The molecule has 0 aliphatic rings. The van der Waals surface area contributed by atoms with E-state index in [2.05, 4.69) is 0 Å². The zero-order chi connectivity index (χ0) is 14.0. The van der Waals surface area contributed by atoms with Crippen molar-refractivity contribution < 1.29 is 4.74 Å². The van der Waals surface area contributed by atoms with E-state index in [0.717, 1.165) is 5.56 Å². The van der Waals surface area contributed by atoms with E-state index in [9.17, 15) is 0 Å². The minimum Gasteiger partial charge on any atom is -0.487 e. The third kappa shape index (κ3) is 3.18. The summed E-state index contributed by atoms with van der Waals surface area (Å²) in [5, 5.41) is 1.12. The molecule has 2 rings (SSSR count). The number of rotatable bonds is 3. The summed E-state index contributed by atoms with van der Waals surface area (Å²) >= 11 is 17.8. The predicted octanol–water partition coefficient (Wildman–Crippen LogP) is 4.39. The van der Waals surface area contributed by atoms with Gasteiger partial charge in [0, 0.05) is 11.1 Å². The molecule has 19 heavy (non-hydrogen) atoms. The summed E-state index contributed by atoms with van der Waals surface area (Å²) in [6, 6.07) is 8.84. The van der Waals surface area contributed by atoms with Gasteiger partial charge < -0.3 is 16.2 Å². The highest BCUT2D eigenvalue weighted by Gasteiger charge is 2.13. The zero-order valence-electron chi connectivity index (χ0n) is 9.79. The van der Waals surface area contributed by atoms with Crippen molar-refractivity contribution in [3.63, 3.8) is 0 Å². The highest BCUT2D eigenvalue weighted by molar-refractivity contribution is 6.45. The van der Waals surface area contributed by atoms with Gasteiger partial charge in [-0.3, -0.25) is 0 Å². The van der Waals surface area contributed by atoms with Gasteiger partial charge in [-0.1, -0.05) is 46.9 Å². The number of benzene rings is 2. The number of anilines is 2. The lowest BCUT2D eigenvalue weighted by Crippen LogP contribution is -2.00. The van der Waals surface area contributed by atoms with E-state index in [1.54, 1.807) is 18.2 Å². The fraction of sp³-hybridized carbons (Fsp3) is 0.0769. The molecule has 0 aliphatic heterocycles. The maximum Gasteiger partial charge on any atom is 0.142 e. The quantitative estimate of drug-likeness (QED) is 0.825. The Balaban J connectivity index is 2.18. The molecule has 100 valence electrons. The van der Waals surface area contributed by atoms with Crippen LogP contribution < -0.4 is 16.2 Å². The summed E-state index contributed by atoms with van der Waals surface area (Å²) in [4.78, 5) is 0. The van der Waals surface area contributed by atoms with Crippen LogP contribution in [0.4, 0.5) is 11.4 Å². The van der Waals surface area contributed by atoms with E-state index in [-0.39, 0.29) is 15.7 Å². The number of ether oxygens (including phenoxy) is 1. The summed E-state index contributed by atoms with van der Waals surface area (Å²) in [5.41, 5.74) is 12.9. The number of halogens is 3. The molecule has 2 aromatic rings. The molecule has 0 aromatic heterocycles. The maximum atomic E-state index is 6.05. The zero-order valence-corrected chi connectivity index (χ0v) is 12.1. The molecule has 0 aliphatic carbocycles. The second-order valence-electron chi connectivity index (χ2n) is 3.92. The van der Waals surface area contributed by atoms with Crippen molar-refractivity contribution in [1.82, 2.24) is 0 Å². The minimum absolute atomic E-state index is 0.202. The largest absolute Gasteiger partial charge is 0.487 e. The van der Waals surface area contributed by atoms with Gasteiger partial charge in [0.15, 0.2) is 0 Å². The molecule has 0 bridgehead atoms. The Labute approximate surface area is 126 Å². The van der Waals surface area contributed by atoms with Gasteiger partial charge in [-0.2, -0.15) is 0 Å². The third-order valence-electron chi connectivity index (χ3n) is 2.55. The summed E-state index contributed by atoms with van der Waals surface area (Å²) in [7, 11) is 0. The van der Waals surface area contributed by atoms with Crippen LogP contribution in [-0.4, -0.2) is 0 Å². The molecule has 0 spiro atoms. The van der Waals surface area contributed by atoms with Crippen LogP contribution in [0, 0.1) is 0 Å². The van der Waals surface area contributed by atoms with E-state index in [1.807, 2.05) is 12.1 Å². The molecule has 6 heteroatoms. The SMILES string of the molecule is Nc1cc(OCc2ccc(Cl)cc2)c(Cl)c(Cl)c1N. The first-order valence-electron chi connectivity index (χ1n) is 5.39. The molecule has 0 amide bonds. The van der Waals surface area contributed by atoms with Crippen molar-refractivity contribution in [2.24, 2.45) is 0 Å². The van der Waals surface area contributed by atoms with Gasteiger partial charge in [-0.05, 0) is 17.7 Å². The topological polar surface area (TPSA) is 61.3 Å². The van der Waals surface area contributed by atoms with Crippen LogP contribution in [0.15, 0.2) is 30.3 Å². The van der Waals surface area contributed by atoms with E-state index >= 15 is 0 Å². The van der Waals surface area contributed by atoms with Crippen molar-refractivity contribution in [2.75, 3.05) is 11.5 Å². The molecule has 4 N–H and O–H groups in total. The Morgan fingerprint density at radius 3 is 2.21 bits per heavy atom. The van der Waals surface area contributed by atoms with Crippen LogP contribution in [0.5, 0.6) is 5.75 Å². The number of hydrogen-bond acceptors (Lipinski definition) is 3. The molecule has 2 aromatic carbocycles. The normalized spacial score (nSPS) is 10.5. The number of nitrogen functional groups attached to an aromatic ring is 2. The molecular weight excluding hydrogens is 307 g/mol. The van der Waals surface area contributed by atoms with Gasteiger partial charge in [-0.25, -0.2) is 0 Å². The molecule has 0 fully saturated rings. The lowest BCUT2D eigenvalue weighted by molar-refractivity contribution is 0.306. The Kier molecular flexibility index (Phi) is 4.30. The summed E-state index contributed by atoms with van der Waals surface area (Å²) in [6.45, 7) is 0.330. The van der Waals surface area contributed by atoms with Crippen molar-refractivity contribution in [3.8, 4) is 5.75 Å². The molecule has 0 unspecified atom stereocenters. The molecule has 3 nitrogen and oxygen atoms in total. The monoisotopic (exact) mass is 316 g/mol. The highest BCUT2D eigenvalue weighted by Crippen LogP contribution is 2.40. The standard InChI is InChI=1S/C13H11Cl3N2O/c14-8-3-1-7(2-4-8)6-19-10-5-9(17)13(18)12(16)11(10)15/h1-5H,6,17-18H2. The van der Waals surface area contributed by atoms with Gasteiger partial charge in [0.25, 0.3) is 0 Å². The van der Waals surface area contributed by atoms with Gasteiger partial charge >= 0.3 is 0 Å². The fourth-order valence-corrected chi connectivity index (χ4v) is 2.02. The summed E-state index contributed by atoms with van der Waals surface area (Å²) in [5.74, 6) is 0.397. The average molecular weight is 318 g/mol. The molecule has 0 saturated heterocycles. The van der Waals surface area contributed by atoms with Crippen LogP contribution in [-0.2, 0) is 6.61 Å². The molecule has 0 heterocycles. The van der Waals surface area contributed by atoms with Gasteiger partial charge in [0.1, 0.15) is 17.4 Å². The van der Waals surface area contributed by atoms with Crippen LogP contribution in [0.2, 0.25) is 15.1 Å². The van der Waals surface area contributed by atoms with E-state index in [0.29, 0.717) is 23.1 Å². The van der Waals surface area contributed by atoms with Gasteiger partial charge in [0.05, 0.1) is 16.4 Å². The lowest BCUT2D eigenvalue weighted by atomic mass is 10.2. The third-order valence-corrected chi connectivity index (χ3v) is 3.67. The van der Waals surface area contributed by atoms with Crippen molar-refractivity contribution in [3.05, 3.63) is 51.0 Å². The predicted molar refractivity (Wildman–Crippen MR) is 81.1 cm³/mol. The Bertz CT molecular complexity index is 600. The van der Waals surface area contributed by atoms with Crippen molar-refractivity contribution in [1.29, 1.82) is 0 Å². The van der Waals surface area contributed by atoms with Gasteiger partial charge in [0.2, 0.25) is 0 Å². The van der Waals surface area contributed by atoms with Crippen molar-refractivity contribution in [2.45, 2.75) is 6.61 Å². The Hall–Kier alpha value is -1.29. The van der Waals surface area contributed by atoms with Crippen LogP contribution >= 0.6 is 34.8 Å². The van der Waals surface area contributed by atoms with E-state index < -0.39 is 0 Å². The second-order valence-corrected chi connectivity index (χ2v) is 5.11. The lowest BCUT2D eigenvalue weighted by Gasteiger charge is -2.12. The Morgan fingerprint density at radius 1 is 0.947 bits per heavy atom. The van der Waals surface area contributed by atoms with Gasteiger partial charge in [-0.15, -0.1) is 0 Å². The van der Waals surface area contributed by atoms with Crippen LogP contribution in [0.1, 0.15) is 5.56 Å². The first-order chi connectivity index (χ1) is 8.99. The number of nitrogens with two attached hydrogens (primary N) is 2. The number of hydrogen-bond donors (Lipinski definition) is 2.